The molecule has 0 saturated heterocycles. The van der Waals surface area contributed by atoms with E-state index < -0.39 is 5.56 Å². The first-order chi connectivity index (χ1) is 12.5. The number of ether oxygens (including phenoxy) is 2. The number of H-pyrrole nitrogens is 1. The molecule has 1 saturated carbocycles. The van der Waals surface area contributed by atoms with Crippen molar-refractivity contribution in [3.05, 3.63) is 45.6 Å². The molecule has 26 heavy (non-hydrogen) atoms. The molecule has 0 radical (unpaired) electrons. The normalized spacial score (nSPS) is 19.6. The number of nitrogens with zero attached hydrogens (tertiary/aromatic N) is 2. The van der Waals surface area contributed by atoms with Crippen LogP contribution in [-0.4, -0.2) is 40.1 Å². The minimum Gasteiger partial charge on any atom is -0.480 e. The van der Waals surface area contributed by atoms with E-state index in [1.165, 1.54) is 25.6 Å². The van der Waals surface area contributed by atoms with E-state index in [0.717, 1.165) is 25.7 Å². The number of pyridine rings is 1. The number of carbonyl (C=O) groups excluding carboxylic acids is 1. The molecule has 9 heteroatoms. The van der Waals surface area contributed by atoms with Gasteiger partial charge in [0.15, 0.2) is 0 Å². The van der Waals surface area contributed by atoms with Crippen LogP contribution in [0.2, 0.25) is 5.02 Å². The molecule has 0 aromatic carbocycles. The lowest BCUT2D eigenvalue weighted by molar-refractivity contribution is 0.0888. The van der Waals surface area contributed by atoms with Gasteiger partial charge in [-0.2, -0.15) is 4.98 Å². The summed E-state index contributed by atoms with van der Waals surface area (Å²) >= 11 is 5.76. The van der Waals surface area contributed by atoms with E-state index >= 15 is 0 Å². The number of hydrogen-bond donors (Lipinski definition) is 2. The summed E-state index contributed by atoms with van der Waals surface area (Å²) < 4.78 is 10.9. The van der Waals surface area contributed by atoms with Crippen molar-refractivity contribution in [2.24, 2.45) is 0 Å². The Morgan fingerprint density at radius 2 is 2.00 bits per heavy atom. The number of amides is 1. The maximum Gasteiger partial charge on any atom is 0.266 e. The van der Waals surface area contributed by atoms with Crippen molar-refractivity contribution in [1.29, 1.82) is 0 Å². The summed E-state index contributed by atoms with van der Waals surface area (Å²) in [7, 11) is 1.53. The third-order valence-corrected chi connectivity index (χ3v) is 4.50. The Kier molecular flexibility index (Phi) is 5.72. The zero-order chi connectivity index (χ0) is 18.5. The van der Waals surface area contributed by atoms with Crippen LogP contribution in [-0.2, 0) is 0 Å². The van der Waals surface area contributed by atoms with Gasteiger partial charge in [0.25, 0.3) is 11.5 Å². The largest absolute Gasteiger partial charge is 0.480 e. The van der Waals surface area contributed by atoms with Gasteiger partial charge in [0, 0.05) is 12.2 Å². The van der Waals surface area contributed by atoms with Crippen LogP contribution in [0.3, 0.4) is 0 Å². The standard InChI is InChI=1S/C17H19ClN4O4/c1-25-14-8-19-9-15(22-14)26-12-4-2-11(3-5-12)21-16(23)10-6-13(18)17(24)20-7-10/h6-9,11-12H,2-5H2,1H3,(H,20,24)(H,21,23). The van der Waals surface area contributed by atoms with E-state index in [4.69, 9.17) is 21.1 Å². The highest BCUT2D eigenvalue weighted by Gasteiger charge is 2.24. The number of hydrogen-bond acceptors (Lipinski definition) is 6. The molecule has 0 spiro atoms. The van der Waals surface area contributed by atoms with Crippen LogP contribution >= 0.6 is 11.6 Å². The quantitative estimate of drug-likeness (QED) is 0.823. The zero-order valence-corrected chi connectivity index (χ0v) is 15.0. The van der Waals surface area contributed by atoms with Crippen molar-refractivity contribution in [1.82, 2.24) is 20.3 Å². The molecular formula is C17H19ClN4O4. The maximum absolute atomic E-state index is 12.3. The summed E-state index contributed by atoms with van der Waals surface area (Å²) in [6.45, 7) is 0. The van der Waals surface area contributed by atoms with Gasteiger partial charge in [-0.25, -0.2) is 0 Å². The third kappa shape index (κ3) is 4.51. The molecule has 138 valence electrons. The number of aromatic nitrogens is 3. The summed E-state index contributed by atoms with van der Waals surface area (Å²) in [5, 5.41) is 2.96. The summed E-state index contributed by atoms with van der Waals surface area (Å²) in [4.78, 5) is 34.2. The van der Waals surface area contributed by atoms with E-state index in [1.807, 2.05) is 0 Å². The predicted molar refractivity (Wildman–Crippen MR) is 94.8 cm³/mol. The summed E-state index contributed by atoms with van der Waals surface area (Å²) in [6, 6.07) is 1.41. The molecule has 0 unspecified atom stereocenters. The highest BCUT2D eigenvalue weighted by molar-refractivity contribution is 6.30. The molecule has 1 aliphatic rings. The molecule has 0 atom stereocenters. The average Bonchev–Trinajstić information content (AvgIpc) is 2.65. The monoisotopic (exact) mass is 378 g/mol. The Balaban J connectivity index is 1.51. The third-order valence-electron chi connectivity index (χ3n) is 4.22. The predicted octanol–water partition coefficient (Wildman–Crippen LogP) is 1.95. The van der Waals surface area contributed by atoms with E-state index in [-0.39, 0.29) is 23.1 Å². The van der Waals surface area contributed by atoms with Gasteiger partial charge in [-0.3, -0.25) is 14.6 Å². The highest BCUT2D eigenvalue weighted by atomic mass is 35.5. The lowest BCUT2D eigenvalue weighted by Gasteiger charge is -2.29. The summed E-state index contributed by atoms with van der Waals surface area (Å²) in [5.74, 6) is 0.578. The fraction of sp³-hybridized carbons (Fsp3) is 0.412. The van der Waals surface area contributed by atoms with Gasteiger partial charge in [0.1, 0.15) is 11.1 Å². The Labute approximate surface area is 154 Å². The molecule has 1 fully saturated rings. The average molecular weight is 379 g/mol. The molecule has 8 nitrogen and oxygen atoms in total. The van der Waals surface area contributed by atoms with Gasteiger partial charge < -0.3 is 19.8 Å². The van der Waals surface area contributed by atoms with Crippen molar-refractivity contribution in [3.8, 4) is 11.8 Å². The van der Waals surface area contributed by atoms with Crippen LogP contribution in [0.5, 0.6) is 11.8 Å². The topological polar surface area (TPSA) is 106 Å². The number of halogens is 1. The first-order valence-electron chi connectivity index (χ1n) is 8.27. The van der Waals surface area contributed by atoms with E-state index in [2.05, 4.69) is 20.3 Å². The smallest absolute Gasteiger partial charge is 0.266 e. The number of rotatable bonds is 5. The molecule has 1 aliphatic carbocycles. The maximum atomic E-state index is 12.3. The molecule has 0 aliphatic heterocycles. The fourth-order valence-corrected chi connectivity index (χ4v) is 3.01. The lowest BCUT2D eigenvalue weighted by atomic mass is 9.93. The highest BCUT2D eigenvalue weighted by Crippen LogP contribution is 2.23. The van der Waals surface area contributed by atoms with Crippen LogP contribution in [0, 0.1) is 0 Å². The Morgan fingerprint density at radius 3 is 2.69 bits per heavy atom. The molecular weight excluding hydrogens is 360 g/mol. The summed E-state index contributed by atoms with van der Waals surface area (Å²) in [5.41, 5.74) is -0.0823. The second-order valence-corrected chi connectivity index (χ2v) is 6.44. The Morgan fingerprint density at radius 1 is 1.27 bits per heavy atom. The SMILES string of the molecule is COc1cncc(OC2CCC(NC(=O)c3c[nH]c(=O)c(Cl)c3)CC2)n1. The molecule has 2 heterocycles. The second-order valence-electron chi connectivity index (χ2n) is 6.03. The molecule has 2 aromatic heterocycles. The minimum absolute atomic E-state index is 0.00541. The van der Waals surface area contributed by atoms with Gasteiger partial charge in [-0.05, 0) is 31.7 Å². The molecule has 2 N–H and O–H groups in total. The van der Waals surface area contributed by atoms with Gasteiger partial charge in [0.2, 0.25) is 11.8 Å². The van der Waals surface area contributed by atoms with Crippen LogP contribution in [0.25, 0.3) is 0 Å². The molecule has 1 amide bonds. The van der Waals surface area contributed by atoms with Gasteiger partial charge in [0.05, 0.1) is 25.1 Å². The minimum atomic E-state index is -0.415. The van der Waals surface area contributed by atoms with Crippen LogP contribution in [0.1, 0.15) is 36.0 Å². The fourth-order valence-electron chi connectivity index (χ4n) is 2.84. The van der Waals surface area contributed by atoms with E-state index in [0.29, 0.717) is 17.3 Å². The van der Waals surface area contributed by atoms with Crippen LogP contribution in [0.15, 0.2) is 29.5 Å². The first-order valence-corrected chi connectivity index (χ1v) is 8.64. The van der Waals surface area contributed by atoms with E-state index in [1.54, 1.807) is 6.20 Å². The van der Waals surface area contributed by atoms with Crippen LogP contribution in [0.4, 0.5) is 0 Å². The Bertz CT molecular complexity index is 834. The zero-order valence-electron chi connectivity index (χ0n) is 14.2. The van der Waals surface area contributed by atoms with Crippen LogP contribution < -0.4 is 20.3 Å². The summed E-state index contributed by atoms with van der Waals surface area (Å²) in [6.07, 6.45) is 7.59. The number of nitrogens with one attached hydrogen (secondary N) is 2. The Hall–Kier alpha value is -2.61. The van der Waals surface area contributed by atoms with Crippen molar-refractivity contribution in [2.75, 3.05) is 7.11 Å². The van der Waals surface area contributed by atoms with Crippen molar-refractivity contribution < 1.29 is 14.3 Å². The van der Waals surface area contributed by atoms with E-state index in [9.17, 15) is 9.59 Å². The van der Waals surface area contributed by atoms with Gasteiger partial charge in [-0.1, -0.05) is 11.6 Å². The lowest BCUT2D eigenvalue weighted by Crippen LogP contribution is -2.40. The number of carbonyl (C=O) groups is 1. The van der Waals surface area contributed by atoms with Gasteiger partial charge in [-0.15, -0.1) is 0 Å². The second kappa shape index (κ2) is 8.18. The molecule has 0 bridgehead atoms. The van der Waals surface area contributed by atoms with Crippen molar-refractivity contribution in [3.63, 3.8) is 0 Å². The van der Waals surface area contributed by atoms with Gasteiger partial charge >= 0.3 is 0 Å². The van der Waals surface area contributed by atoms with Crippen molar-refractivity contribution >= 4 is 17.5 Å². The molecule has 2 aromatic rings. The number of aromatic amines is 1. The van der Waals surface area contributed by atoms with Crippen molar-refractivity contribution in [2.45, 2.75) is 37.8 Å². The first kappa shape index (κ1) is 18.2. The number of methoxy groups -OCH3 is 1. The molecule has 3 rings (SSSR count).